The van der Waals surface area contributed by atoms with E-state index >= 15 is 0 Å². The number of nitrogens with zero attached hydrogens (tertiary/aromatic N) is 3. The molecule has 2 rings (SSSR count). The number of alkyl halides is 3. The molecule has 2 heterocycles. The normalized spacial score (nSPS) is 19.6. The van der Waals surface area contributed by atoms with Gasteiger partial charge in [-0.1, -0.05) is 0 Å². The lowest BCUT2D eigenvalue weighted by Gasteiger charge is -2.21. The van der Waals surface area contributed by atoms with Gasteiger partial charge in [0.1, 0.15) is 6.54 Å². The molecule has 2 amide bonds. The minimum atomic E-state index is -4.35. The summed E-state index contributed by atoms with van der Waals surface area (Å²) < 4.78 is 38.7. The van der Waals surface area contributed by atoms with Gasteiger partial charge in [-0.05, 0) is 27.2 Å². The Morgan fingerprint density at radius 2 is 2.12 bits per heavy atom. The molecule has 1 aliphatic rings. The van der Waals surface area contributed by atoms with Crippen LogP contribution in [0.1, 0.15) is 36.3 Å². The molecule has 9 heteroatoms. The minimum Gasteiger partial charge on any atom is -0.396 e. The van der Waals surface area contributed by atoms with Crippen molar-refractivity contribution >= 4 is 6.03 Å². The van der Waals surface area contributed by atoms with Crippen molar-refractivity contribution in [3.8, 4) is 0 Å². The molecular formula is C15H23F3N4O2. The number of aliphatic hydroxyl groups is 1. The summed E-state index contributed by atoms with van der Waals surface area (Å²) in [6.45, 7) is 4.88. The third-order valence-corrected chi connectivity index (χ3v) is 4.37. The lowest BCUT2D eigenvalue weighted by molar-refractivity contribution is -0.143. The van der Waals surface area contributed by atoms with Gasteiger partial charge in [0.05, 0.1) is 11.7 Å². The summed E-state index contributed by atoms with van der Waals surface area (Å²) in [5, 5.41) is 15.9. The molecule has 1 fully saturated rings. The van der Waals surface area contributed by atoms with Crippen LogP contribution in [-0.4, -0.2) is 51.7 Å². The number of aromatic nitrogens is 2. The van der Waals surface area contributed by atoms with E-state index in [1.165, 1.54) is 0 Å². The molecule has 2 N–H and O–H groups in total. The molecule has 1 saturated heterocycles. The second-order valence-electron chi connectivity index (χ2n) is 6.31. The molecule has 136 valence electrons. The lowest BCUT2D eigenvalue weighted by Crippen LogP contribution is -2.40. The molecule has 0 aromatic carbocycles. The van der Waals surface area contributed by atoms with Crippen LogP contribution >= 0.6 is 0 Å². The van der Waals surface area contributed by atoms with Gasteiger partial charge in [0, 0.05) is 36.9 Å². The molecule has 1 aromatic rings. The standard InChI is InChI=1S/C15H23F3N4O2/c1-9(19-14(24)21-5-4-12(6-21)7-23)13-10(2)20-22(11(13)3)8-15(16,17)18/h9,12,23H,4-8H2,1-3H3,(H,19,24)/t9-,12+/m0/s1. The van der Waals surface area contributed by atoms with Gasteiger partial charge < -0.3 is 15.3 Å². The molecule has 24 heavy (non-hydrogen) atoms. The average Bonchev–Trinajstić information content (AvgIpc) is 3.03. The molecule has 0 bridgehead atoms. The molecule has 1 aromatic heterocycles. The molecular weight excluding hydrogens is 325 g/mol. The Bertz CT molecular complexity index is 600. The number of hydrogen-bond donors (Lipinski definition) is 2. The predicted octanol–water partition coefficient (Wildman–Crippen LogP) is 2.15. The maximum atomic E-state index is 12.6. The summed E-state index contributed by atoms with van der Waals surface area (Å²) in [6.07, 6.45) is -3.60. The number of aliphatic hydroxyl groups excluding tert-OH is 1. The van der Waals surface area contributed by atoms with Crippen LogP contribution in [0.4, 0.5) is 18.0 Å². The maximum Gasteiger partial charge on any atom is 0.408 e. The first-order valence-corrected chi connectivity index (χ1v) is 7.89. The molecule has 0 saturated carbocycles. The fourth-order valence-electron chi connectivity index (χ4n) is 3.18. The zero-order chi connectivity index (χ0) is 18.1. The smallest absolute Gasteiger partial charge is 0.396 e. The Morgan fingerprint density at radius 1 is 1.46 bits per heavy atom. The number of likely N-dealkylation sites (tertiary alicyclic amines) is 1. The highest BCUT2D eigenvalue weighted by atomic mass is 19.4. The fraction of sp³-hybridized carbons (Fsp3) is 0.733. The van der Waals surface area contributed by atoms with Gasteiger partial charge in [0.25, 0.3) is 0 Å². The van der Waals surface area contributed by atoms with Crippen molar-refractivity contribution in [1.82, 2.24) is 20.0 Å². The van der Waals surface area contributed by atoms with Gasteiger partial charge in [0.15, 0.2) is 0 Å². The zero-order valence-electron chi connectivity index (χ0n) is 14.0. The number of aryl methyl sites for hydroxylation is 1. The van der Waals surface area contributed by atoms with E-state index in [-0.39, 0.29) is 18.6 Å². The number of carbonyl (C=O) groups excluding carboxylic acids is 1. The van der Waals surface area contributed by atoms with Crippen LogP contribution in [0.5, 0.6) is 0 Å². The minimum absolute atomic E-state index is 0.0434. The van der Waals surface area contributed by atoms with Crippen LogP contribution < -0.4 is 5.32 Å². The van der Waals surface area contributed by atoms with Crippen LogP contribution in [0.3, 0.4) is 0 Å². The van der Waals surface area contributed by atoms with Crippen molar-refractivity contribution in [3.05, 3.63) is 17.0 Å². The lowest BCUT2D eigenvalue weighted by atomic mass is 10.1. The molecule has 2 atom stereocenters. The molecule has 0 radical (unpaired) electrons. The van der Waals surface area contributed by atoms with E-state index in [9.17, 15) is 18.0 Å². The Hall–Kier alpha value is -1.77. The van der Waals surface area contributed by atoms with E-state index in [0.717, 1.165) is 11.1 Å². The van der Waals surface area contributed by atoms with Gasteiger partial charge in [-0.15, -0.1) is 0 Å². The van der Waals surface area contributed by atoms with E-state index in [0.29, 0.717) is 30.0 Å². The summed E-state index contributed by atoms with van der Waals surface area (Å²) >= 11 is 0. The maximum absolute atomic E-state index is 12.6. The predicted molar refractivity (Wildman–Crippen MR) is 81.5 cm³/mol. The Balaban J connectivity index is 2.07. The number of rotatable bonds is 4. The largest absolute Gasteiger partial charge is 0.408 e. The first-order chi connectivity index (χ1) is 11.1. The van der Waals surface area contributed by atoms with Crippen molar-refractivity contribution in [2.24, 2.45) is 5.92 Å². The summed E-state index contributed by atoms with van der Waals surface area (Å²) in [5.41, 5.74) is 1.47. The number of amides is 2. The van der Waals surface area contributed by atoms with E-state index in [1.54, 1.807) is 25.7 Å². The quantitative estimate of drug-likeness (QED) is 0.876. The Morgan fingerprint density at radius 3 is 2.67 bits per heavy atom. The first kappa shape index (κ1) is 18.6. The Labute approximate surface area is 138 Å². The van der Waals surface area contributed by atoms with E-state index in [4.69, 9.17) is 5.11 Å². The average molecular weight is 348 g/mol. The zero-order valence-corrected chi connectivity index (χ0v) is 14.0. The van der Waals surface area contributed by atoms with Gasteiger partial charge >= 0.3 is 12.2 Å². The number of halogens is 3. The van der Waals surface area contributed by atoms with Crippen LogP contribution in [0.25, 0.3) is 0 Å². The SMILES string of the molecule is Cc1nn(CC(F)(F)F)c(C)c1[C@H](C)NC(=O)N1CC[C@@H](CO)C1. The summed E-state index contributed by atoms with van der Waals surface area (Å²) in [4.78, 5) is 13.9. The van der Waals surface area contributed by atoms with E-state index in [2.05, 4.69) is 10.4 Å². The van der Waals surface area contributed by atoms with E-state index in [1.807, 2.05) is 0 Å². The number of carbonyl (C=O) groups is 1. The molecule has 1 aliphatic heterocycles. The van der Waals surface area contributed by atoms with Crippen molar-refractivity contribution in [2.75, 3.05) is 19.7 Å². The second-order valence-corrected chi connectivity index (χ2v) is 6.31. The van der Waals surface area contributed by atoms with Crippen molar-refractivity contribution in [1.29, 1.82) is 0 Å². The van der Waals surface area contributed by atoms with Crippen LogP contribution in [0.15, 0.2) is 0 Å². The summed E-state index contributed by atoms with van der Waals surface area (Å²) in [6, 6.07) is -0.728. The molecule has 0 aliphatic carbocycles. The van der Waals surface area contributed by atoms with Crippen LogP contribution in [-0.2, 0) is 6.54 Å². The summed E-state index contributed by atoms with van der Waals surface area (Å²) in [7, 11) is 0. The monoisotopic (exact) mass is 348 g/mol. The highest BCUT2D eigenvalue weighted by molar-refractivity contribution is 5.75. The topological polar surface area (TPSA) is 70.4 Å². The van der Waals surface area contributed by atoms with E-state index < -0.39 is 18.8 Å². The number of urea groups is 1. The molecule has 0 unspecified atom stereocenters. The number of hydrogen-bond acceptors (Lipinski definition) is 3. The van der Waals surface area contributed by atoms with Gasteiger partial charge in [-0.2, -0.15) is 18.3 Å². The molecule has 0 spiro atoms. The third kappa shape index (κ3) is 4.19. The number of nitrogens with one attached hydrogen (secondary N) is 1. The van der Waals surface area contributed by atoms with Gasteiger partial charge in [0.2, 0.25) is 0 Å². The summed E-state index contributed by atoms with van der Waals surface area (Å²) in [5.74, 6) is 0.0871. The van der Waals surface area contributed by atoms with Crippen LogP contribution in [0, 0.1) is 19.8 Å². The molecule has 6 nitrogen and oxygen atoms in total. The second kappa shape index (κ2) is 7.00. The van der Waals surface area contributed by atoms with Gasteiger partial charge in [-0.25, -0.2) is 4.79 Å². The Kier molecular flexibility index (Phi) is 5.42. The van der Waals surface area contributed by atoms with Crippen molar-refractivity contribution < 1.29 is 23.1 Å². The van der Waals surface area contributed by atoms with Gasteiger partial charge in [-0.3, -0.25) is 4.68 Å². The first-order valence-electron chi connectivity index (χ1n) is 7.89. The fourth-order valence-corrected chi connectivity index (χ4v) is 3.18. The third-order valence-electron chi connectivity index (χ3n) is 4.37. The highest BCUT2D eigenvalue weighted by Crippen LogP contribution is 2.25. The van der Waals surface area contributed by atoms with Crippen molar-refractivity contribution in [2.45, 2.75) is 46.0 Å². The van der Waals surface area contributed by atoms with Crippen molar-refractivity contribution in [3.63, 3.8) is 0 Å². The highest BCUT2D eigenvalue weighted by Gasteiger charge is 2.31. The van der Waals surface area contributed by atoms with Crippen LogP contribution in [0.2, 0.25) is 0 Å².